The molecular formula is C13H15BrN2O3. The summed E-state index contributed by atoms with van der Waals surface area (Å²) in [6, 6.07) is 6.86. The Morgan fingerprint density at radius 3 is 2.68 bits per heavy atom. The summed E-state index contributed by atoms with van der Waals surface area (Å²) < 4.78 is 5.63. The number of benzene rings is 1. The van der Waals surface area contributed by atoms with E-state index >= 15 is 0 Å². The molecule has 1 aromatic rings. The van der Waals surface area contributed by atoms with Crippen molar-refractivity contribution < 1.29 is 14.3 Å². The molecule has 1 fully saturated rings. The lowest BCUT2D eigenvalue weighted by molar-refractivity contribution is -0.119. The van der Waals surface area contributed by atoms with Crippen LogP contribution in [0.2, 0.25) is 0 Å². The van der Waals surface area contributed by atoms with Gasteiger partial charge in [-0.05, 0) is 37.1 Å². The van der Waals surface area contributed by atoms with Crippen molar-refractivity contribution in [2.24, 2.45) is 0 Å². The number of rotatable bonds is 2. The number of methoxy groups -OCH3 is 1. The number of carbonyl (C=O) groups excluding carboxylic acids is 2. The number of hydrogen-bond donors (Lipinski definition) is 1. The van der Waals surface area contributed by atoms with Gasteiger partial charge in [0.05, 0.1) is 7.11 Å². The Morgan fingerprint density at radius 2 is 2.05 bits per heavy atom. The number of amides is 2. The zero-order chi connectivity index (χ0) is 13.8. The van der Waals surface area contributed by atoms with Crippen molar-refractivity contribution in [2.45, 2.75) is 18.9 Å². The number of nitrogens with zero attached hydrogens (tertiary/aromatic N) is 1. The van der Waals surface area contributed by atoms with E-state index in [-0.39, 0.29) is 5.91 Å². The van der Waals surface area contributed by atoms with Crippen molar-refractivity contribution in [3.8, 4) is 0 Å². The molecule has 0 aromatic heterocycles. The summed E-state index contributed by atoms with van der Waals surface area (Å²) in [6.45, 7) is 0.561. The zero-order valence-corrected chi connectivity index (χ0v) is 12.1. The molecule has 19 heavy (non-hydrogen) atoms. The Kier molecular flexibility index (Phi) is 4.42. The van der Waals surface area contributed by atoms with Crippen LogP contribution in [0.25, 0.3) is 0 Å². The first-order valence-corrected chi connectivity index (χ1v) is 6.82. The van der Waals surface area contributed by atoms with Gasteiger partial charge in [-0.3, -0.25) is 9.69 Å². The predicted molar refractivity (Wildman–Crippen MR) is 74.9 cm³/mol. The Hall–Kier alpha value is -1.56. The second-order valence-corrected chi connectivity index (χ2v) is 5.23. The Bertz CT molecular complexity index is 475. The van der Waals surface area contributed by atoms with Crippen LogP contribution in [0.4, 0.5) is 10.5 Å². The molecule has 0 bridgehead atoms. The van der Waals surface area contributed by atoms with Crippen LogP contribution in [0.5, 0.6) is 0 Å². The topological polar surface area (TPSA) is 58.6 Å². The van der Waals surface area contributed by atoms with Crippen LogP contribution >= 0.6 is 15.9 Å². The van der Waals surface area contributed by atoms with Crippen molar-refractivity contribution in [3.63, 3.8) is 0 Å². The van der Waals surface area contributed by atoms with Gasteiger partial charge in [0.2, 0.25) is 5.91 Å². The first kappa shape index (κ1) is 13.9. The molecule has 1 saturated heterocycles. The average Bonchev–Trinajstić information content (AvgIpc) is 2.90. The zero-order valence-electron chi connectivity index (χ0n) is 10.6. The highest BCUT2D eigenvalue weighted by Crippen LogP contribution is 2.20. The normalized spacial score (nSPS) is 18.2. The van der Waals surface area contributed by atoms with Gasteiger partial charge in [0.25, 0.3) is 0 Å². The standard InChI is InChI=1S/C13H15BrN2O3/c1-19-13(18)16-8-2-3-11(16)12(17)15-10-6-4-9(14)5-7-10/h4-7,11H,2-3,8H2,1H3,(H,15,17). The minimum Gasteiger partial charge on any atom is -0.453 e. The van der Waals surface area contributed by atoms with Gasteiger partial charge >= 0.3 is 6.09 Å². The highest BCUT2D eigenvalue weighted by atomic mass is 79.9. The fourth-order valence-electron chi connectivity index (χ4n) is 2.13. The van der Waals surface area contributed by atoms with Gasteiger partial charge < -0.3 is 10.1 Å². The van der Waals surface area contributed by atoms with E-state index in [1.54, 1.807) is 12.1 Å². The number of likely N-dealkylation sites (tertiary alicyclic amines) is 1. The van der Waals surface area contributed by atoms with Gasteiger partial charge in [-0.2, -0.15) is 0 Å². The largest absolute Gasteiger partial charge is 0.453 e. The van der Waals surface area contributed by atoms with Gasteiger partial charge in [-0.25, -0.2) is 4.79 Å². The molecule has 1 heterocycles. The van der Waals surface area contributed by atoms with E-state index in [2.05, 4.69) is 26.0 Å². The van der Waals surface area contributed by atoms with E-state index in [0.29, 0.717) is 18.7 Å². The van der Waals surface area contributed by atoms with Gasteiger partial charge in [0.15, 0.2) is 0 Å². The smallest absolute Gasteiger partial charge is 0.410 e. The molecule has 1 aliphatic heterocycles. The monoisotopic (exact) mass is 326 g/mol. The number of anilines is 1. The summed E-state index contributed by atoms with van der Waals surface area (Å²) in [7, 11) is 1.32. The van der Waals surface area contributed by atoms with Crippen LogP contribution < -0.4 is 5.32 Å². The second kappa shape index (κ2) is 6.06. The first-order valence-electron chi connectivity index (χ1n) is 6.03. The Labute approximate surface area is 120 Å². The molecule has 2 rings (SSSR count). The van der Waals surface area contributed by atoms with Crippen molar-refractivity contribution >= 4 is 33.6 Å². The molecule has 1 N–H and O–H groups in total. The lowest BCUT2D eigenvalue weighted by atomic mass is 10.2. The second-order valence-electron chi connectivity index (χ2n) is 4.32. The molecular weight excluding hydrogens is 312 g/mol. The molecule has 1 aromatic carbocycles. The van der Waals surface area contributed by atoms with Gasteiger partial charge in [-0.1, -0.05) is 15.9 Å². The third kappa shape index (κ3) is 3.26. The maximum Gasteiger partial charge on any atom is 0.410 e. The van der Waals surface area contributed by atoms with Crippen molar-refractivity contribution in [1.82, 2.24) is 4.90 Å². The molecule has 1 aliphatic rings. The van der Waals surface area contributed by atoms with E-state index < -0.39 is 12.1 Å². The molecule has 1 unspecified atom stereocenters. The molecule has 102 valence electrons. The number of nitrogens with one attached hydrogen (secondary N) is 1. The molecule has 0 radical (unpaired) electrons. The van der Waals surface area contributed by atoms with Gasteiger partial charge in [0, 0.05) is 16.7 Å². The minimum absolute atomic E-state index is 0.176. The van der Waals surface area contributed by atoms with Crippen LogP contribution in [0, 0.1) is 0 Å². The summed E-state index contributed by atoms with van der Waals surface area (Å²) in [5.41, 5.74) is 0.713. The quantitative estimate of drug-likeness (QED) is 0.908. The third-order valence-corrected chi connectivity index (χ3v) is 3.61. The summed E-state index contributed by atoms with van der Waals surface area (Å²) in [5.74, 6) is -0.176. The molecule has 6 heteroatoms. The maximum absolute atomic E-state index is 12.2. The molecule has 5 nitrogen and oxygen atoms in total. The highest BCUT2D eigenvalue weighted by Gasteiger charge is 2.34. The number of hydrogen-bond acceptors (Lipinski definition) is 3. The molecule has 2 amide bonds. The summed E-state index contributed by atoms with van der Waals surface area (Å²) in [5, 5.41) is 2.81. The predicted octanol–water partition coefficient (Wildman–Crippen LogP) is 2.62. The van der Waals surface area contributed by atoms with E-state index in [4.69, 9.17) is 0 Å². The van der Waals surface area contributed by atoms with E-state index in [1.165, 1.54) is 12.0 Å². The van der Waals surface area contributed by atoms with Gasteiger partial charge in [-0.15, -0.1) is 0 Å². The van der Waals surface area contributed by atoms with Crippen molar-refractivity contribution in [2.75, 3.05) is 19.0 Å². The lowest BCUT2D eigenvalue weighted by Gasteiger charge is -2.22. The van der Waals surface area contributed by atoms with E-state index in [0.717, 1.165) is 10.9 Å². The minimum atomic E-state index is -0.451. The van der Waals surface area contributed by atoms with E-state index in [1.807, 2.05) is 12.1 Å². The van der Waals surface area contributed by atoms with Crippen molar-refractivity contribution in [1.29, 1.82) is 0 Å². The highest BCUT2D eigenvalue weighted by molar-refractivity contribution is 9.10. The third-order valence-electron chi connectivity index (χ3n) is 3.08. The van der Waals surface area contributed by atoms with Crippen LogP contribution in [0.15, 0.2) is 28.7 Å². The molecule has 0 spiro atoms. The van der Waals surface area contributed by atoms with Crippen LogP contribution in [-0.2, 0) is 9.53 Å². The number of ether oxygens (including phenoxy) is 1. The molecule has 0 aliphatic carbocycles. The Morgan fingerprint density at radius 1 is 1.37 bits per heavy atom. The lowest BCUT2D eigenvalue weighted by Crippen LogP contribution is -2.43. The molecule has 0 saturated carbocycles. The van der Waals surface area contributed by atoms with Crippen LogP contribution in [0.3, 0.4) is 0 Å². The van der Waals surface area contributed by atoms with Crippen molar-refractivity contribution in [3.05, 3.63) is 28.7 Å². The summed E-state index contributed by atoms with van der Waals surface area (Å²) in [6.07, 6.45) is 1.03. The van der Waals surface area contributed by atoms with E-state index in [9.17, 15) is 9.59 Å². The maximum atomic E-state index is 12.2. The molecule has 1 atom stereocenters. The fraction of sp³-hybridized carbons (Fsp3) is 0.385. The van der Waals surface area contributed by atoms with Gasteiger partial charge in [0.1, 0.15) is 6.04 Å². The number of halogens is 1. The fourth-order valence-corrected chi connectivity index (χ4v) is 2.40. The SMILES string of the molecule is COC(=O)N1CCCC1C(=O)Nc1ccc(Br)cc1. The Balaban J connectivity index is 2.03. The first-order chi connectivity index (χ1) is 9.11. The number of carbonyl (C=O) groups is 2. The van der Waals surface area contributed by atoms with Crippen LogP contribution in [-0.4, -0.2) is 36.6 Å². The average molecular weight is 327 g/mol. The summed E-state index contributed by atoms with van der Waals surface area (Å²) >= 11 is 3.33. The summed E-state index contributed by atoms with van der Waals surface area (Å²) in [4.78, 5) is 25.2. The van der Waals surface area contributed by atoms with Crippen LogP contribution in [0.1, 0.15) is 12.8 Å².